The topological polar surface area (TPSA) is 32.3 Å². The standard InChI is InChI=1S/C18H26N2OS.ClH/c1-18(2)16(12-7-9-20(18)10-8-12)19-17(21)15-11-13-5-3-4-6-14(13)22-15;/h11-12,16H,3-10H2,1-2H3,(H,19,21);1H. The van der Waals surface area contributed by atoms with Crippen molar-refractivity contribution >= 4 is 29.7 Å². The predicted molar refractivity (Wildman–Crippen MR) is 97.8 cm³/mol. The first-order valence-corrected chi connectivity index (χ1v) is 9.55. The van der Waals surface area contributed by atoms with Crippen LogP contribution < -0.4 is 5.32 Å². The summed E-state index contributed by atoms with van der Waals surface area (Å²) in [5, 5.41) is 3.40. The van der Waals surface area contributed by atoms with E-state index >= 15 is 0 Å². The Balaban J connectivity index is 0.00000156. The van der Waals surface area contributed by atoms with Gasteiger partial charge in [-0.1, -0.05) is 0 Å². The number of hydrogen-bond donors (Lipinski definition) is 1. The molecule has 4 heterocycles. The highest BCUT2D eigenvalue weighted by molar-refractivity contribution is 7.14. The van der Waals surface area contributed by atoms with Crippen molar-refractivity contribution in [1.82, 2.24) is 10.2 Å². The minimum atomic E-state index is 0. The fraction of sp³-hybridized carbons (Fsp3) is 0.722. The second-order valence-corrected chi connectivity index (χ2v) is 8.83. The molecule has 0 radical (unpaired) electrons. The van der Waals surface area contributed by atoms with Gasteiger partial charge < -0.3 is 5.32 Å². The third kappa shape index (κ3) is 2.94. The van der Waals surface area contributed by atoms with Crippen molar-refractivity contribution in [3.63, 3.8) is 0 Å². The predicted octanol–water partition coefficient (Wildman–Crippen LogP) is 3.65. The maximum absolute atomic E-state index is 12.8. The van der Waals surface area contributed by atoms with E-state index in [0.717, 1.165) is 11.3 Å². The lowest BCUT2D eigenvalue weighted by Gasteiger charge is -2.56. The molecule has 1 N–H and O–H groups in total. The summed E-state index contributed by atoms with van der Waals surface area (Å²) in [6, 6.07) is 2.45. The fourth-order valence-corrected chi connectivity index (χ4v) is 5.85. The maximum Gasteiger partial charge on any atom is 0.261 e. The number of nitrogens with one attached hydrogen (secondary N) is 1. The highest BCUT2D eigenvalue weighted by Gasteiger charge is 2.48. The van der Waals surface area contributed by atoms with Crippen LogP contribution in [0.1, 0.15) is 59.6 Å². The summed E-state index contributed by atoms with van der Waals surface area (Å²) in [5.41, 5.74) is 1.52. The Morgan fingerprint density at radius 2 is 1.96 bits per heavy atom. The molecule has 1 atom stereocenters. The average molecular weight is 355 g/mol. The van der Waals surface area contributed by atoms with Crippen LogP contribution in [-0.2, 0) is 12.8 Å². The molecular weight excluding hydrogens is 328 g/mol. The van der Waals surface area contributed by atoms with E-state index in [1.165, 1.54) is 55.6 Å². The van der Waals surface area contributed by atoms with Crippen molar-refractivity contribution in [2.45, 2.75) is 64.0 Å². The van der Waals surface area contributed by atoms with Gasteiger partial charge >= 0.3 is 0 Å². The van der Waals surface area contributed by atoms with Gasteiger partial charge in [-0.25, -0.2) is 0 Å². The Morgan fingerprint density at radius 3 is 2.61 bits per heavy atom. The number of thiophene rings is 1. The molecule has 3 fully saturated rings. The molecule has 128 valence electrons. The van der Waals surface area contributed by atoms with Crippen molar-refractivity contribution in [1.29, 1.82) is 0 Å². The van der Waals surface area contributed by atoms with Crippen molar-refractivity contribution in [3.8, 4) is 0 Å². The molecule has 1 aromatic heterocycles. The van der Waals surface area contributed by atoms with E-state index in [2.05, 4.69) is 30.1 Å². The Morgan fingerprint density at radius 1 is 1.26 bits per heavy atom. The molecular formula is C18H27ClN2OS. The molecule has 2 bridgehead atoms. The number of fused-ring (bicyclic) bond motifs is 4. The lowest BCUT2D eigenvalue weighted by molar-refractivity contribution is -0.0377. The van der Waals surface area contributed by atoms with E-state index < -0.39 is 0 Å². The number of carbonyl (C=O) groups is 1. The highest BCUT2D eigenvalue weighted by Crippen LogP contribution is 2.39. The second kappa shape index (κ2) is 6.38. The van der Waals surface area contributed by atoms with E-state index in [-0.39, 0.29) is 23.9 Å². The van der Waals surface area contributed by atoms with Crippen LogP contribution in [-0.4, -0.2) is 35.5 Å². The lowest BCUT2D eigenvalue weighted by atomic mass is 9.72. The molecule has 0 spiro atoms. The normalized spacial score (nSPS) is 31.1. The van der Waals surface area contributed by atoms with E-state index in [1.807, 2.05) is 0 Å². The smallest absolute Gasteiger partial charge is 0.261 e. The zero-order chi connectivity index (χ0) is 15.3. The summed E-state index contributed by atoms with van der Waals surface area (Å²) in [5.74, 6) is 0.810. The number of amides is 1. The molecule has 1 aromatic rings. The number of hydrogen-bond acceptors (Lipinski definition) is 3. The number of carbonyl (C=O) groups excluding carboxylic acids is 1. The van der Waals surface area contributed by atoms with Gasteiger partial charge in [0.2, 0.25) is 0 Å². The SMILES string of the molecule is CC1(C)C(NC(=O)c2cc3c(s2)CCCC3)C2CCN1CC2.Cl. The van der Waals surface area contributed by atoms with Crippen LogP contribution in [0.25, 0.3) is 0 Å². The van der Waals surface area contributed by atoms with E-state index in [9.17, 15) is 4.79 Å². The number of rotatable bonds is 2. The largest absolute Gasteiger partial charge is 0.346 e. The second-order valence-electron chi connectivity index (χ2n) is 7.70. The molecule has 23 heavy (non-hydrogen) atoms. The monoisotopic (exact) mass is 354 g/mol. The molecule has 3 aliphatic heterocycles. The third-order valence-electron chi connectivity index (χ3n) is 6.09. The molecule has 5 heteroatoms. The van der Waals surface area contributed by atoms with Crippen LogP contribution in [0.4, 0.5) is 0 Å². The molecule has 0 saturated carbocycles. The number of aryl methyl sites for hydroxylation is 2. The highest BCUT2D eigenvalue weighted by atomic mass is 35.5. The zero-order valence-electron chi connectivity index (χ0n) is 14.1. The fourth-order valence-electron chi connectivity index (χ4n) is 4.69. The maximum atomic E-state index is 12.8. The molecule has 5 rings (SSSR count). The van der Waals surface area contributed by atoms with Crippen molar-refractivity contribution in [2.75, 3.05) is 13.1 Å². The van der Waals surface area contributed by atoms with Gasteiger partial charge in [-0.3, -0.25) is 9.69 Å². The number of piperidine rings is 3. The Hall–Kier alpha value is -0.580. The minimum Gasteiger partial charge on any atom is -0.346 e. The van der Waals surface area contributed by atoms with Gasteiger partial charge in [0.25, 0.3) is 5.91 Å². The molecule has 3 saturated heterocycles. The summed E-state index contributed by atoms with van der Waals surface area (Å²) < 4.78 is 0. The first-order valence-electron chi connectivity index (χ1n) is 8.73. The van der Waals surface area contributed by atoms with Crippen LogP contribution >= 0.6 is 23.7 Å². The Labute approximate surface area is 149 Å². The van der Waals surface area contributed by atoms with Gasteiger partial charge in [0.15, 0.2) is 0 Å². The molecule has 1 aliphatic carbocycles. The first kappa shape index (κ1) is 17.2. The van der Waals surface area contributed by atoms with Gasteiger partial charge in [-0.15, -0.1) is 23.7 Å². The van der Waals surface area contributed by atoms with Crippen LogP contribution in [0.15, 0.2) is 6.07 Å². The van der Waals surface area contributed by atoms with Crippen LogP contribution in [0, 0.1) is 5.92 Å². The van der Waals surface area contributed by atoms with Crippen LogP contribution in [0.5, 0.6) is 0 Å². The molecule has 4 aliphatic rings. The lowest BCUT2D eigenvalue weighted by Crippen LogP contribution is -2.69. The Kier molecular flexibility index (Phi) is 4.78. The van der Waals surface area contributed by atoms with Gasteiger partial charge in [-0.05, 0) is 83.0 Å². The van der Waals surface area contributed by atoms with E-state index in [1.54, 1.807) is 11.3 Å². The van der Waals surface area contributed by atoms with Gasteiger partial charge in [0.05, 0.1) is 4.88 Å². The zero-order valence-corrected chi connectivity index (χ0v) is 15.7. The van der Waals surface area contributed by atoms with Crippen molar-refractivity contribution < 1.29 is 4.79 Å². The molecule has 1 unspecified atom stereocenters. The third-order valence-corrected chi connectivity index (χ3v) is 7.33. The summed E-state index contributed by atoms with van der Waals surface area (Å²) in [4.78, 5) is 17.7. The van der Waals surface area contributed by atoms with Crippen molar-refractivity contribution in [3.05, 3.63) is 21.4 Å². The van der Waals surface area contributed by atoms with Crippen LogP contribution in [0.3, 0.4) is 0 Å². The van der Waals surface area contributed by atoms with Gasteiger partial charge in [0, 0.05) is 16.5 Å². The minimum absolute atomic E-state index is 0. The summed E-state index contributed by atoms with van der Waals surface area (Å²) in [7, 11) is 0. The van der Waals surface area contributed by atoms with E-state index in [4.69, 9.17) is 0 Å². The average Bonchev–Trinajstić information content (AvgIpc) is 2.95. The summed E-state index contributed by atoms with van der Waals surface area (Å²) in [6.07, 6.45) is 7.34. The number of nitrogens with zero attached hydrogens (tertiary/aromatic N) is 1. The molecule has 0 aromatic carbocycles. The summed E-state index contributed by atoms with van der Waals surface area (Å²) >= 11 is 1.73. The molecule has 1 amide bonds. The van der Waals surface area contributed by atoms with E-state index in [0.29, 0.717) is 12.0 Å². The van der Waals surface area contributed by atoms with Gasteiger partial charge in [0.1, 0.15) is 0 Å². The van der Waals surface area contributed by atoms with Crippen LogP contribution in [0.2, 0.25) is 0 Å². The molecule has 3 nitrogen and oxygen atoms in total. The number of halogens is 1. The first-order chi connectivity index (χ1) is 10.6. The summed E-state index contributed by atoms with van der Waals surface area (Å²) in [6.45, 7) is 6.97. The van der Waals surface area contributed by atoms with Crippen molar-refractivity contribution in [2.24, 2.45) is 5.92 Å². The van der Waals surface area contributed by atoms with Gasteiger partial charge in [-0.2, -0.15) is 0 Å². The Bertz CT molecular complexity index is 566. The quantitative estimate of drug-likeness (QED) is 0.879.